The number of hydrogen-bond donors (Lipinski definition) is 2. The summed E-state index contributed by atoms with van der Waals surface area (Å²) in [4.78, 5) is 0. The lowest BCUT2D eigenvalue weighted by Crippen LogP contribution is -2.30. The fourth-order valence-electron chi connectivity index (χ4n) is 3.00. The van der Waals surface area contributed by atoms with E-state index in [1.54, 1.807) is 0 Å². The van der Waals surface area contributed by atoms with Crippen LogP contribution in [0.4, 0.5) is 18.9 Å². The van der Waals surface area contributed by atoms with Crippen molar-refractivity contribution in [2.75, 3.05) is 18.5 Å². The highest BCUT2D eigenvalue weighted by molar-refractivity contribution is 9.10. The number of nitrogens with zero attached hydrogens (tertiary/aromatic N) is 2. The van der Waals surface area contributed by atoms with Gasteiger partial charge in [0.25, 0.3) is 0 Å². The molecule has 0 radical (unpaired) electrons. The Balaban J connectivity index is 1.54. The van der Waals surface area contributed by atoms with Gasteiger partial charge < -0.3 is 15.4 Å². The Morgan fingerprint density at radius 1 is 1.34 bits per heavy atom. The van der Waals surface area contributed by atoms with Crippen molar-refractivity contribution in [3.05, 3.63) is 40.1 Å². The predicted octanol–water partition coefficient (Wildman–Crippen LogP) is 5.32. The number of alkyl halides is 3. The number of aryl methyl sites for hydroxylation is 1. The zero-order chi connectivity index (χ0) is 21.0. The molecule has 0 spiro atoms. The summed E-state index contributed by atoms with van der Waals surface area (Å²) in [5.41, 5.74) is 0.550. The van der Waals surface area contributed by atoms with Crippen molar-refractivity contribution in [2.24, 2.45) is 0 Å². The van der Waals surface area contributed by atoms with Crippen LogP contribution in [-0.4, -0.2) is 28.0 Å². The molecule has 1 aromatic carbocycles. The summed E-state index contributed by atoms with van der Waals surface area (Å²) in [7, 11) is 0. The average molecular weight is 491 g/mol. The normalized spacial score (nSPS) is 14.0. The molecule has 0 aliphatic heterocycles. The van der Waals surface area contributed by atoms with Gasteiger partial charge in [-0.3, -0.25) is 4.68 Å². The molecule has 2 N–H and O–H groups in total. The van der Waals surface area contributed by atoms with Gasteiger partial charge >= 0.3 is 6.18 Å². The predicted molar refractivity (Wildman–Crippen MR) is 113 cm³/mol. The summed E-state index contributed by atoms with van der Waals surface area (Å²) in [6.07, 6.45) is -2.09. The second-order valence-corrected chi connectivity index (χ2v) is 7.91. The van der Waals surface area contributed by atoms with Gasteiger partial charge in [-0.15, -0.1) is 0 Å². The number of aromatic nitrogens is 2. The second-order valence-electron chi connectivity index (χ2n) is 6.71. The van der Waals surface area contributed by atoms with Crippen molar-refractivity contribution < 1.29 is 17.9 Å². The molecule has 3 rings (SSSR count). The third kappa shape index (κ3) is 5.63. The number of nitrogens with one attached hydrogen (secondary N) is 2. The van der Waals surface area contributed by atoms with Crippen molar-refractivity contribution in [2.45, 2.75) is 44.8 Å². The first-order chi connectivity index (χ1) is 13.8. The number of thiocarbonyl (C=S) groups is 1. The van der Waals surface area contributed by atoms with Crippen LogP contribution in [0, 0.1) is 0 Å². The van der Waals surface area contributed by atoms with Gasteiger partial charge in [0.1, 0.15) is 5.75 Å². The van der Waals surface area contributed by atoms with E-state index in [1.807, 2.05) is 31.2 Å². The van der Waals surface area contributed by atoms with E-state index in [0.717, 1.165) is 18.5 Å². The molecule has 1 heterocycles. The molecule has 0 saturated heterocycles. The number of ether oxygens (including phenoxy) is 1. The summed E-state index contributed by atoms with van der Waals surface area (Å²) >= 11 is 8.41. The zero-order valence-corrected chi connectivity index (χ0v) is 18.3. The topological polar surface area (TPSA) is 51.1 Å². The molecule has 1 aliphatic carbocycles. The van der Waals surface area contributed by atoms with Crippen LogP contribution in [0.25, 0.3) is 0 Å². The minimum absolute atomic E-state index is 0.0742. The van der Waals surface area contributed by atoms with Crippen LogP contribution < -0.4 is 15.4 Å². The Hall–Kier alpha value is -1.81. The van der Waals surface area contributed by atoms with E-state index < -0.39 is 11.9 Å². The standard InChI is InChI=1S/C19H22BrF3N4OS/c1-2-28-14-7-4-3-6-13(14)25-18(29)24-10-5-11-27-16(12-8-9-12)15(20)17(26-27)19(21,22)23/h3-4,6-7,12H,2,5,8-11H2,1H3,(H2,24,25,29). The summed E-state index contributed by atoms with van der Waals surface area (Å²) in [5, 5.41) is 10.4. The molecule has 158 valence electrons. The minimum atomic E-state index is -4.47. The number of hydrogen-bond acceptors (Lipinski definition) is 3. The Kier molecular flexibility index (Phi) is 7.05. The van der Waals surface area contributed by atoms with E-state index in [1.165, 1.54) is 4.68 Å². The number of rotatable bonds is 8. The van der Waals surface area contributed by atoms with Crippen molar-refractivity contribution >= 4 is 38.9 Å². The van der Waals surface area contributed by atoms with Gasteiger partial charge in [-0.25, -0.2) is 0 Å². The third-order valence-electron chi connectivity index (χ3n) is 4.43. The minimum Gasteiger partial charge on any atom is -0.492 e. The van der Waals surface area contributed by atoms with E-state index in [9.17, 15) is 13.2 Å². The van der Waals surface area contributed by atoms with Gasteiger partial charge in [0.15, 0.2) is 10.8 Å². The van der Waals surface area contributed by atoms with Crippen molar-refractivity contribution in [1.82, 2.24) is 15.1 Å². The summed E-state index contributed by atoms with van der Waals surface area (Å²) in [5.74, 6) is 0.855. The lowest BCUT2D eigenvalue weighted by atomic mass is 10.2. The lowest BCUT2D eigenvalue weighted by molar-refractivity contribution is -0.142. The molecule has 0 unspecified atom stereocenters. The van der Waals surface area contributed by atoms with E-state index in [0.29, 0.717) is 42.7 Å². The van der Waals surface area contributed by atoms with Gasteiger partial charge in [-0.2, -0.15) is 18.3 Å². The fraction of sp³-hybridized carbons (Fsp3) is 0.474. The molecule has 5 nitrogen and oxygen atoms in total. The van der Waals surface area contributed by atoms with E-state index in [-0.39, 0.29) is 10.4 Å². The van der Waals surface area contributed by atoms with E-state index in [4.69, 9.17) is 17.0 Å². The molecular formula is C19H22BrF3N4OS. The molecule has 10 heteroatoms. The maximum atomic E-state index is 13.2. The second kappa shape index (κ2) is 9.34. The van der Waals surface area contributed by atoms with Crippen LogP contribution in [0.1, 0.15) is 43.5 Å². The van der Waals surface area contributed by atoms with Crippen molar-refractivity contribution in [3.8, 4) is 5.75 Å². The van der Waals surface area contributed by atoms with Gasteiger partial charge in [0.05, 0.1) is 22.5 Å². The van der Waals surface area contributed by atoms with Gasteiger partial charge in [-0.05, 0) is 66.5 Å². The molecule has 1 aromatic heterocycles. The maximum Gasteiger partial charge on any atom is 0.436 e. The summed E-state index contributed by atoms with van der Waals surface area (Å²) in [6, 6.07) is 7.46. The van der Waals surface area contributed by atoms with E-state index in [2.05, 4.69) is 31.7 Å². The largest absolute Gasteiger partial charge is 0.492 e. The van der Waals surface area contributed by atoms with Crippen molar-refractivity contribution in [3.63, 3.8) is 0 Å². The number of anilines is 1. The van der Waals surface area contributed by atoms with Crippen LogP contribution in [0.2, 0.25) is 0 Å². The Morgan fingerprint density at radius 3 is 2.72 bits per heavy atom. The molecule has 2 aromatic rings. The lowest BCUT2D eigenvalue weighted by Gasteiger charge is -2.14. The first-order valence-electron chi connectivity index (χ1n) is 9.41. The summed E-state index contributed by atoms with van der Waals surface area (Å²) in [6.45, 7) is 3.33. The molecule has 1 saturated carbocycles. The first-order valence-corrected chi connectivity index (χ1v) is 10.6. The molecule has 1 aliphatic rings. The number of para-hydroxylation sites is 2. The smallest absolute Gasteiger partial charge is 0.436 e. The fourth-order valence-corrected chi connectivity index (χ4v) is 4.04. The highest BCUT2D eigenvalue weighted by Crippen LogP contribution is 2.47. The Bertz CT molecular complexity index is 868. The highest BCUT2D eigenvalue weighted by Gasteiger charge is 2.41. The Morgan fingerprint density at radius 2 is 2.07 bits per heavy atom. The molecular weight excluding hydrogens is 469 g/mol. The van der Waals surface area contributed by atoms with Crippen LogP contribution in [0.5, 0.6) is 5.75 Å². The summed E-state index contributed by atoms with van der Waals surface area (Å²) < 4.78 is 46.6. The van der Waals surface area contributed by atoms with Gasteiger partial charge in [0, 0.05) is 19.0 Å². The van der Waals surface area contributed by atoms with Crippen LogP contribution in [0.3, 0.4) is 0 Å². The van der Waals surface area contributed by atoms with Gasteiger partial charge in [0.2, 0.25) is 0 Å². The van der Waals surface area contributed by atoms with Crippen LogP contribution >= 0.6 is 28.1 Å². The number of halogens is 4. The SMILES string of the molecule is CCOc1ccccc1NC(=S)NCCCn1nc(C(F)(F)F)c(Br)c1C1CC1. The van der Waals surface area contributed by atoms with Gasteiger partial charge in [-0.1, -0.05) is 12.1 Å². The third-order valence-corrected chi connectivity index (χ3v) is 5.46. The van der Waals surface area contributed by atoms with Crippen molar-refractivity contribution in [1.29, 1.82) is 0 Å². The zero-order valence-electron chi connectivity index (χ0n) is 15.9. The maximum absolute atomic E-state index is 13.2. The quantitative estimate of drug-likeness (QED) is 0.387. The van der Waals surface area contributed by atoms with E-state index >= 15 is 0 Å². The monoisotopic (exact) mass is 490 g/mol. The first kappa shape index (κ1) is 21.9. The molecule has 0 atom stereocenters. The molecule has 29 heavy (non-hydrogen) atoms. The molecule has 1 fully saturated rings. The molecule has 0 amide bonds. The van der Waals surface area contributed by atoms with Crippen LogP contribution in [0.15, 0.2) is 28.7 Å². The highest BCUT2D eigenvalue weighted by atomic mass is 79.9. The average Bonchev–Trinajstić information content (AvgIpc) is 3.43. The van der Waals surface area contributed by atoms with Crippen LogP contribution in [-0.2, 0) is 12.7 Å². The molecule has 0 bridgehead atoms. The Labute approximate surface area is 181 Å². The number of benzene rings is 1.